The van der Waals surface area contributed by atoms with Crippen molar-refractivity contribution in [2.24, 2.45) is 0 Å². The van der Waals surface area contributed by atoms with E-state index in [0.29, 0.717) is 6.54 Å². The summed E-state index contributed by atoms with van der Waals surface area (Å²) in [6.45, 7) is 0.604. The normalized spacial score (nSPS) is 14.4. The van der Waals surface area contributed by atoms with E-state index in [-0.39, 0.29) is 5.91 Å². The molecule has 0 radical (unpaired) electrons. The maximum Gasteiger partial charge on any atom is 0.255 e. The molecular weight excluding hydrogens is 236 g/mol. The van der Waals surface area contributed by atoms with Crippen molar-refractivity contribution in [2.75, 3.05) is 7.05 Å². The second-order valence-electron chi connectivity index (χ2n) is 5.00. The Morgan fingerprint density at radius 3 is 2.79 bits per heavy atom. The number of aromatic nitrogens is 1. The highest BCUT2D eigenvalue weighted by Crippen LogP contribution is 2.28. The Balaban J connectivity index is 2.12. The second kappa shape index (κ2) is 3.54. The standard InChI is InChI=1S/C16H12N2O/c1-18-9-14-13(16(18)19)8-11-7-6-10-4-2-3-5-12(10)15(11)17-14/h2-8H,9H2,1H3. The fourth-order valence-corrected chi connectivity index (χ4v) is 2.76. The predicted octanol–water partition coefficient (Wildman–Crippen LogP) is 2.97. The summed E-state index contributed by atoms with van der Waals surface area (Å²) in [5, 5.41) is 3.35. The highest BCUT2D eigenvalue weighted by molar-refractivity contribution is 6.08. The Kier molecular flexibility index (Phi) is 1.96. The first kappa shape index (κ1) is 10.5. The zero-order valence-electron chi connectivity index (χ0n) is 10.6. The summed E-state index contributed by atoms with van der Waals surface area (Å²) in [6, 6.07) is 14.3. The van der Waals surface area contributed by atoms with Crippen molar-refractivity contribution in [1.29, 1.82) is 0 Å². The molecule has 0 fully saturated rings. The van der Waals surface area contributed by atoms with Crippen LogP contribution in [0.15, 0.2) is 42.5 Å². The quantitative estimate of drug-likeness (QED) is 0.573. The van der Waals surface area contributed by atoms with Gasteiger partial charge in [0.2, 0.25) is 0 Å². The van der Waals surface area contributed by atoms with Gasteiger partial charge in [-0.3, -0.25) is 4.79 Å². The van der Waals surface area contributed by atoms with Crippen molar-refractivity contribution in [3.05, 3.63) is 53.7 Å². The Morgan fingerprint density at radius 1 is 1.11 bits per heavy atom. The summed E-state index contributed by atoms with van der Waals surface area (Å²) < 4.78 is 0. The van der Waals surface area contributed by atoms with Crippen molar-refractivity contribution in [3.8, 4) is 0 Å². The molecule has 1 amide bonds. The average molecular weight is 248 g/mol. The number of carbonyl (C=O) groups excluding carboxylic acids is 1. The molecule has 3 heteroatoms. The number of benzene rings is 2. The van der Waals surface area contributed by atoms with E-state index in [2.05, 4.69) is 18.2 Å². The van der Waals surface area contributed by atoms with Gasteiger partial charge in [0.15, 0.2) is 0 Å². The van der Waals surface area contributed by atoms with Crippen LogP contribution in [0.4, 0.5) is 0 Å². The molecule has 1 aliphatic heterocycles. The monoisotopic (exact) mass is 248 g/mol. The van der Waals surface area contributed by atoms with Gasteiger partial charge in [-0.25, -0.2) is 4.98 Å². The molecule has 0 N–H and O–H groups in total. The van der Waals surface area contributed by atoms with E-state index >= 15 is 0 Å². The summed E-state index contributed by atoms with van der Waals surface area (Å²) in [4.78, 5) is 18.4. The van der Waals surface area contributed by atoms with E-state index in [1.54, 1.807) is 4.90 Å². The van der Waals surface area contributed by atoms with Gasteiger partial charge in [0.05, 0.1) is 23.3 Å². The SMILES string of the molecule is CN1Cc2nc3c(ccc4ccccc43)cc2C1=O. The van der Waals surface area contributed by atoms with Crippen LogP contribution in [0.25, 0.3) is 21.7 Å². The van der Waals surface area contributed by atoms with Crippen LogP contribution in [0.1, 0.15) is 16.1 Å². The van der Waals surface area contributed by atoms with Crippen molar-refractivity contribution >= 4 is 27.6 Å². The van der Waals surface area contributed by atoms with Crippen LogP contribution in [0.3, 0.4) is 0 Å². The molecule has 0 saturated carbocycles. The summed E-state index contributed by atoms with van der Waals surface area (Å²) in [6.07, 6.45) is 0. The van der Waals surface area contributed by atoms with Crippen molar-refractivity contribution in [2.45, 2.75) is 6.54 Å². The fraction of sp³-hybridized carbons (Fsp3) is 0.125. The number of rotatable bonds is 0. The molecule has 0 bridgehead atoms. The van der Waals surface area contributed by atoms with Gasteiger partial charge in [-0.05, 0) is 11.5 Å². The highest BCUT2D eigenvalue weighted by Gasteiger charge is 2.26. The van der Waals surface area contributed by atoms with Crippen LogP contribution >= 0.6 is 0 Å². The first-order valence-corrected chi connectivity index (χ1v) is 6.31. The third-order valence-electron chi connectivity index (χ3n) is 3.75. The van der Waals surface area contributed by atoms with Gasteiger partial charge in [-0.2, -0.15) is 0 Å². The van der Waals surface area contributed by atoms with Gasteiger partial charge < -0.3 is 4.90 Å². The van der Waals surface area contributed by atoms with Crippen LogP contribution in [0.2, 0.25) is 0 Å². The highest BCUT2D eigenvalue weighted by atomic mass is 16.2. The first-order chi connectivity index (χ1) is 9.24. The van der Waals surface area contributed by atoms with E-state index in [9.17, 15) is 4.79 Å². The maximum atomic E-state index is 12.0. The van der Waals surface area contributed by atoms with Crippen molar-refractivity contribution < 1.29 is 4.79 Å². The Bertz CT molecular complexity index is 839. The molecule has 92 valence electrons. The Hall–Kier alpha value is -2.42. The number of fused-ring (bicyclic) bond motifs is 4. The summed E-state index contributed by atoms with van der Waals surface area (Å²) >= 11 is 0. The number of amides is 1. The van der Waals surface area contributed by atoms with Gasteiger partial charge in [0, 0.05) is 17.8 Å². The molecule has 0 unspecified atom stereocenters. The molecule has 1 aliphatic rings. The molecule has 0 atom stereocenters. The van der Waals surface area contributed by atoms with Crippen LogP contribution in [0, 0.1) is 0 Å². The molecule has 0 aliphatic carbocycles. The number of nitrogens with zero attached hydrogens (tertiary/aromatic N) is 2. The number of hydrogen-bond donors (Lipinski definition) is 0. The lowest BCUT2D eigenvalue weighted by molar-refractivity contribution is 0.0816. The minimum atomic E-state index is 0.0672. The lowest BCUT2D eigenvalue weighted by Crippen LogP contribution is -2.17. The lowest BCUT2D eigenvalue weighted by atomic mass is 10.0. The van der Waals surface area contributed by atoms with E-state index in [1.165, 1.54) is 5.39 Å². The third-order valence-corrected chi connectivity index (χ3v) is 3.75. The van der Waals surface area contributed by atoms with E-state index < -0.39 is 0 Å². The molecule has 19 heavy (non-hydrogen) atoms. The number of hydrogen-bond acceptors (Lipinski definition) is 2. The van der Waals surface area contributed by atoms with Crippen LogP contribution in [-0.4, -0.2) is 22.8 Å². The third kappa shape index (κ3) is 1.38. The molecule has 2 heterocycles. The smallest absolute Gasteiger partial charge is 0.255 e. The van der Waals surface area contributed by atoms with Gasteiger partial charge >= 0.3 is 0 Å². The largest absolute Gasteiger partial charge is 0.336 e. The summed E-state index contributed by atoms with van der Waals surface area (Å²) in [7, 11) is 1.81. The molecule has 2 aromatic carbocycles. The van der Waals surface area contributed by atoms with Crippen LogP contribution < -0.4 is 0 Å². The van der Waals surface area contributed by atoms with E-state index in [4.69, 9.17) is 4.98 Å². The van der Waals surface area contributed by atoms with Gasteiger partial charge in [-0.1, -0.05) is 36.4 Å². The topological polar surface area (TPSA) is 33.2 Å². The van der Waals surface area contributed by atoms with Crippen LogP contribution in [-0.2, 0) is 6.54 Å². The lowest BCUT2D eigenvalue weighted by Gasteiger charge is -2.04. The molecule has 3 nitrogen and oxygen atoms in total. The first-order valence-electron chi connectivity index (χ1n) is 6.31. The minimum absolute atomic E-state index is 0.0672. The molecule has 1 aromatic heterocycles. The average Bonchev–Trinajstić information content (AvgIpc) is 2.72. The van der Waals surface area contributed by atoms with Gasteiger partial charge in [0.1, 0.15) is 0 Å². The van der Waals surface area contributed by atoms with E-state index in [0.717, 1.165) is 27.5 Å². The summed E-state index contributed by atoms with van der Waals surface area (Å²) in [5.74, 6) is 0.0672. The van der Waals surface area contributed by atoms with Crippen LogP contribution in [0.5, 0.6) is 0 Å². The molecule has 0 saturated heterocycles. The van der Waals surface area contributed by atoms with Gasteiger partial charge in [-0.15, -0.1) is 0 Å². The number of carbonyl (C=O) groups is 1. The summed E-state index contributed by atoms with van der Waals surface area (Å²) in [5.41, 5.74) is 2.61. The number of pyridine rings is 1. The fourth-order valence-electron chi connectivity index (χ4n) is 2.76. The predicted molar refractivity (Wildman–Crippen MR) is 75.0 cm³/mol. The molecule has 3 aromatic rings. The Morgan fingerprint density at radius 2 is 1.89 bits per heavy atom. The molecule has 0 spiro atoms. The zero-order valence-corrected chi connectivity index (χ0v) is 10.6. The van der Waals surface area contributed by atoms with Gasteiger partial charge in [0.25, 0.3) is 5.91 Å². The minimum Gasteiger partial charge on any atom is -0.336 e. The maximum absolute atomic E-state index is 12.0. The van der Waals surface area contributed by atoms with E-state index in [1.807, 2.05) is 31.3 Å². The molecular formula is C16H12N2O. The van der Waals surface area contributed by atoms with Crippen molar-refractivity contribution in [3.63, 3.8) is 0 Å². The zero-order chi connectivity index (χ0) is 13.0. The molecule has 4 rings (SSSR count). The van der Waals surface area contributed by atoms with Crippen molar-refractivity contribution in [1.82, 2.24) is 9.88 Å². The Labute approximate surface area is 110 Å². The second-order valence-corrected chi connectivity index (χ2v) is 5.00.